The van der Waals surface area contributed by atoms with Crippen molar-refractivity contribution in [2.45, 2.75) is 19.6 Å². The molecular formula is C10H15BrN2O2S. The molecule has 0 unspecified atom stereocenters. The molecule has 0 fully saturated rings. The van der Waals surface area contributed by atoms with Crippen molar-refractivity contribution in [1.29, 1.82) is 0 Å². The van der Waals surface area contributed by atoms with Crippen molar-refractivity contribution in [2.75, 3.05) is 12.4 Å². The first-order chi connectivity index (χ1) is 7.56. The van der Waals surface area contributed by atoms with Gasteiger partial charge in [0, 0.05) is 12.8 Å². The second kappa shape index (κ2) is 6.30. The molecule has 0 bridgehead atoms. The Kier molecular flexibility index (Phi) is 5.34. The molecule has 0 aliphatic heterocycles. The van der Waals surface area contributed by atoms with Gasteiger partial charge in [0.05, 0.1) is 28.2 Å². The van der Waals surface area contributed by atoms with E-state index < -0.39 is 0 Å². The van der Waals surface area contributed by atoms with Gasteiger partial charge in [-0.1, -0.05) is 0 Å². The number of aromatic nitrogens is 2. The maximum Gasteiger partial charge on any atom is 0.315 e. The van der Waals surface area contributed by atoms with Gasteiger partial charge in [0.15, 0.2) is 0 Å². The van der Waals surface area contributed by atoms with E-state index in [0.29, 0.717) is 12.4 Å². The Hall–Kier alpha value is -0.490. The Morgan fingerprint density at radius 3 is 2.81 bits per heavy atom. The summed E-state index contributed by atoms with van der Waals surface area (Å²) in [5, 5.41) is 4.28. The van der Waals surface area contributed by atoms with E-state index in [1.54, 1.807) is 0 Å². The predicted molar refractivity (Wildman–Crippen MR) is 68.4 cm³/mol. The summed E-state index contributed by atoms with van der Waals surface area (Å²) < 4.78 is 7.70. The molecule has 16 heavy (non-hydrogen) atoms. The smallest absolute Gasteiger partial charge is 0.315 e. The van der Waals surface area contributed by atoms with Gasteiger partial charge >= 0.3 is 5.97 Å². The van der Waals surface area contributed by atoms with Crippen LogP contribution in [-0.4, -0.2) is 28.1 Å². The summed E-state index contributed by atoms with van der Waals surface area (Å²) in [4.78, 5) is 11.1. The van der Waals surface area contributed by atoms with E-state index in [0.717, 1.165) is 21.6 Å². The molecular weight excluding hydrogens is 292 g/mol. The van der Waals surface area contributed by atoms with Gasteiger partial charge in [-0.3, -0.25) is 9.48 Å². The molecule has 4 nitrogen and oxygen atoms in total. The molecule has 0 amide bonds. The SMILES string of the molecule is CCOC(=O)CSCc1c(Br)c(C)nn1C. The topological polar surface area (TPSA) is 44.1 Å². The van der Waals surface area contributed by atoms with E-state index in [1.807, 2.05) is 25.6 Å². The van der Waals surface area contributed by atoms with E-state index in [1.165, 1.54) is 11.8 Å². The van der Waals surface area contributed by atoms with Crippen molar-refractivity contribution in [3.8, 4) is 0 Å². The number of carbonyl (C=O) groups excluding carboxylic acids is 1. The lowest BCUT2D eigenvalue weighted by molar-refractivity contribution is -0.139. The standard InChI is InChI=1S/C10H15BrN2O2S/c1-4-15-9(14)6-16-5-8-10(11)7(2)12-13(8)3/h4-6H2,1-3H3. The summed E-state index contributed by atoms with van der Waals surface area (Å²) >= 11 is 5.02. The van der Waals surface area contributed by atoms with Crippen LogP contribution in [0.2, 0.25) is 0 Å². The highest BCUT2D eigenvalue weighted by Crippen LogP contribution is 2.24. The maximum absolute atomic E-state index is 11.1. The molecule has 0 saturated heterocycles. The fraction of sp³-hybridized carbons (Fsp3) is 0.600. The molecule has 6 heteroatoms. The van der Waals surface area contributed by atoms with Crippen LogP contribution in [-0.2, 0) is 22.3 Å². The molecule has 1 rings (SSSR count). The van der Waals surface area contributed by atoms with Gasteiger partial charge in [0.25, 0.3) is 0 Å². The minimum atomic E-state index is -0.164. The summed E-state index contributed by atoms with van der Waals surface area (Å²) in [7, 11) is 1.90. The number of hydrogen-bond acceptors (Lipinski definition) is 4. The molecule has 0 saturated carbocycles. The summed E-state index contributed by atoms with van der Waals surface area (Å²) in [5.74, 6) is 0.962. The number of carbonyl (C=O) groups is 1. The maximum atomic E-state index is 11.1. The van der Waals surface area contributed by atoms with Gasteiger partial charge < -0.3 is 4.74 Å². The molecule has 1 aromatic heterocycles. The van der Waals surface area contributed by atoms with Crippen LogP contribution in [0.5, 0.6) is 0 Å². The van der Waals surface area contributed by atoms with E-state index >= 15 is 0 Å². The molecule has 1 heterocycles. The lowest BCUT2D eigenvalue weighted by Gasteiger charge is -2.03. The third-order valence-corrected chi connectivity index (χ3v) is 3.97. The number of hydrogen-bond donors (Lipinski definition) is 0. The van der Waals surface area contributed by atoms with E-state index in [2.05, 4.69) is 21.0 Å². The lowest BCUT2D eigenvalue weighted by Crippen LogP contribution is -2.07. The Bertz CT molecular complexity index is 379. The average molecular weight is 307 g/mol. The first-order valence-corrected chi connectivity index (χ1v) is 6.92. The predicted octanol–water partition coefficient (Wildman–Crippen LogP) is 2.29. The number of aryl methyl sites for hydroxylation is 2. The van der Waals surface area contributed by atoms with Crippen LogP contribution in [0.4, 0.5) is 0 Å². The molecule has 90 valence electrons. The van der Waals surface area contributed by atoms with Crippen LogP contribution in [0.15, 0.2) is 4.47 Å². The number of rotatable bonds is 5. The van der Waals surface area contributed by atoms with Crippen molar-refractivity contribution < 1.29 is 9.53 Å². The summed E-state index contributed by atoms with van der Waals surface area (Å²) in [6, 6.07) is 0. The largest absolute Gasteiger partial charge is 0.465 e. The quantitative estimate of drug-likeness (QED) is 0.783. The van der Waals surface area contributed by atoms with E-state index in [9.17, 15) is 4.79 Å². The Morgan fingerprint density at radius 2 is 2.31 bits per heavy atom. The molecule has 0 aliphatic carbocycles. The van der Waals surface area contributed by atoms with E-state index in [-0.39, 0.29) is 5.97 Å². The molecule has 0 spiro atoms. The third kappa shape index (κ3) is 3.52. The molecule has 0 atom stereocenters. The van der Waals surface area contributed by atoms with Gasteiger partial charge in [-0.2, -0.15) is 5.10 Å². The Morgan fingerprint density at radius 1 is 1.62 bits per heavy atom. The minimum Gasteiger partial charge on any atom is -0.465 e. The fourth-order valence-corrected chi connectivity index (χ4v) is 2.81. The molecule has 0 aliphatic rings. The van der Waals surface area contributed by atoms with Crippen LogP contribution < -0.4 is 0 Å². The van der Waals surface area contributed by atoms with Crippen LogP contribution in [0.3, 0.4) is 0 Å². The number of halogens is 1. The highest BCUT2D eigenvalue weighted by Gasteiger charge is 2.11. The Balaban J connectivity index is 2.46. The van der Waals surface area contributed by atoms with Crippen LogP contribution in [0.25, 0.3) is 0 Å². The second-order valence-corrected chi connectivity index (χ2v) is 5.05. The average Bonchev–Trinajstić information content (AvgIpc) is 2.45. The number of ether oxygens (including phenoxy) is 1. The minimum absolute atomic E-state index is 0.164. The van der Waals surface area contributed by atoms with Crippen molar-refractivity contribution >= 4 is 33.7 Å². The summed E-state index contributed by atoms with van der Waals surface area (Å²) in [6.07, 6.45) is 0. The van der Waals surface area contributed by atoms with Gasteiger partial charge in [-0.05, 0) is 29.8 Å². The molecule has 0 radical (unpaired) electrons. The summed E-state index contributed by atoms with van der Waals surface area (Å²) in [6.45, 7) is 4.20. The molecule has 0 aromatic carbocycles. The van der Waals surface area contributed by atoms with Gasteiger partial charge in [0.2, 0.25) is 0 Å². The summed E-state index contributed by atoms with van der Waals surface area (Å²) in [5.41, 5.74) is 2.06. The number of thioether (sulfide) groups is 1. The normalized spacial score (nSPS) is 10.5. The second-order valence-electron chi connectivity index (χ2n) is 3.27. The monoisotopic (exact) mass is 306 g/mol. The van der Waals surface area contributed by atoms with Crippen molar-refractivity contribution in [3.63, 3.8) is 0 Å². The highest BCUT2D eigenvalue weighted by atomic mass is 79.9. The zero-order valence-electron chi connectivity index (χ0n) is 9.62. The third-order valence-electron chi connectivity index (χ3n) is 2.03. The lowest BCUT2D eigenvalue weighted by atomic mass is 10.4. The number of esters is 1. The molecule has 1 aromatic rings. The number of nitrogens with zero attached hydrogens (tertiary/aromatic N) is 2. The van der Waals surface area contributed by atoms with Crippen molar-refractivity contribution in [3.05, 3.63) is 15.9 Å². The van der Waals surface area contributed by atoms with Gasteiger partial charge in [-0.15, -0.1) is 11.8 Å². The van der Waals surface area contributed by atoms with Crippen LogP contribution in [0, 0.1) is 6.92 Å². The van der Waals surface area contributed by atoms with Gasteiger partial charge in [-0.25, -0.2) is 0 Å². The molecule has 0 N–H and O–H groups in total. The first kappa shape index (κ1) is 13.6. The zero-order chi connectivity index (χ0) is 12.1. The zero-order valence-corrected chi connectivity index (χ0v) is 12.0. The van der Waals surface area contributed by atoms with E-state index in [4.69, 9.17) is 4.74 Å². The fourth-order valence-electron chi connectivity index (χ4n) is 1.27. The van der Waals surface area contributed by atoms with Crippen LogP contribution >= 0.6 is 27.7 Å². The van der Waals surface area contributed by atoms with Crippen molar-refractivity contribution in [1.82, 2.24) is 9.78 Å². The van der Waals surface area contributed by atoms with Gasteiger partial charge in [0.1, 0.15) is 0 Å². The van der Waals surface area contributed by atoms with Crippen molar-refractivity contribution in [2.24, 2.45) is 7.05 Å². The Labute approximate surface area is 108 Å². The first-order valence-electron chi connectivity index (χ1n) is 4.97. The highest BCUT2D eigenvalue weighted by molar-refractivity contribution is 9.10. The van der Waals surface area contributed by atoms with Crippen LogP contribution in [0.1, 0.15) is 18.3 Å².